The van der Waals surface area contributed by atoms with Crippen molar-refractivity contribution in [2.24, 2.45) is 0 Å². The Hall–Kier alpha value is -2.73. The molecule has 1 aliphatic heterocycles. The highest BCUT2D eigenvalue weighted by atomic mass is 16.5. The minimum absolute atomic E-state index is 0.0774. The Balaban J connectivity index is 1.63. The van der Waals surface area contributed by atoms with Gasteiger partial charge in [-0.2, -0.15) is 0 Å². The first kappa shape index (κ1) is 21.0. The second kappa shape index (κ2) is 10.2. The molecule has 0 aliphatic carbocycles. The molecule has 2 amide bonds. The van der Waals surface area contributed by atoms with E-state index in [1.54, 1.807) is 7.11 Å². The van der Waals surface area contributed by atoms with E-state index >= 15 is 0 Å². The molecule has 2 aromatic rings. The smallest absolute Gasteiger partial charge is 0.318 e. The number of benzene rings is 2. The number of amides is 2. The summed E-state index contributed by atoms with van der Waals surface area (Å²) in [6, 6.07) is 14.0. The lowest BCUT2D eigenvalue weighted by molar-refractivity contribution is 0.187. The third kappa shape index (κ3) is 5.64. The van der Waals surface area contributed by atoms with Crippen molar-refractivity contribution in [1.29, 1.82) is 0 Å². The minimum Gasteiger partial charge on any atom is -0.497 e. The highest BCUT2D eigenvalue weighted by Crippen LogP contribution is 2.25. The molecule has 6 heteroatoms. The zero-order valence-corrected chi connectivity index (χ0v) is 17.6. The van der Waals surface area contributed by atoms with E-state index in [2.05, 4.69) is 36.2 Å². The van der Waals surface area contributed by atoms with E-state index in [0.717, 1.165) is 42.3 Å². The van der Waals surface area contributed by atoms with Gasteiger partial charge in [-0.1, -0.05) is 32.0 Å². The van der Waals surface area contributed by atoms with Gasteiger partial charge in [-0.05, 0) is 48.5 Å². The average molecular weight is 398 g/mol. The van der Waals surface area contributed by atoms with Gasteiger partial charge in [0.05, 0.1) is 20.2 Å². The second-order valence-electron chi connectivity index (χ2n) is 7.18. The largest absolute Gasteiger partial charge is 0.497 e. The van der Waals surface area contributed by atoms with Gasteiger partial charge in [0.2, 0.25) is 0 Å². The number of nitrogens with one attached hydrogen (secondary N) is 1. The lowest BCUT2D eigenvalue weighted by Crippen LogP contribution is -2.40. The molecule has 0 aromatic heterocycles. The summed E-state index contributed by atoms with van der Waals surface area (Å²) in [7, 11) is 1.64. The molecule has 29 heavy (non-hydrogen) atoms. The van der Waals surface area contributed by atoms with E-state index in [1.165, 1.54) is 5.56 Å². The Kier molecular flexibility index (Phi) is 7.36. The van der Waals surface area contributed by atoms with Crippen molar-refractivity contribution in [3.8, 4) is 11.5 Å². The van der Waals surface area contributed by atoms with Crippen molar-refractivity contribution in [2.45, 2.75) is 33.5 Å². The van der Waals surface area contributed by atoms with Crippen LogP contribution in [0.3, 0.4) is 0 Å². The van der Waals surface area contributed by atoms with Gasteiger partial charge < -0.3 is 19.7 Å². The fourth-order valence-corrected chi connectivity index (χ4v) is 3.46. The summed E-state index contributed by atoms with van der Waals surface area (Å²) in [5.41, 5.74) is 3.34. The molecular weight excluding hydrogens is 366 g/mol. The molecule has 0 unspecified atom stereocenters. The summed E-state index contributed by atoms with van der Waals surface area (Å²) >= 11 is 0. The molecule has 0 bridgehead atoms. The SMILES string of the molecule is CCN(CC)Cc1ccc2c(c1)CN(C(=O)NCc1ccc(OC)cc1)CCO2. The van der Waals surface area contributed by atoms with Crippen molar-refractivity contribution in [3.05, 3.63) is 59.2 Å². The number of urea groups is 1. The van der Waals surface area contributed by atoms with Crippen molar-refractivity contribution in [3.63, 3.8) is 0 Å². The highest BCUT2D eigenvalue weighted by Gasteiger charge is 2.20. The number of hydrogen-bond acceptors (Lipinski definition) is 4. The molecule has 2 aromatic carbocycles. The third-order valence-electron chi connectivity index (χ3n) is 5.30. The molecule has 1 aliphatic rings. The number of nitrogens with zero attached hydrogens (tertiary/aromatic N) is 2. The second-order valence-corrected chi connectivity index (χ2v) is 7.18. The summed E-state index contributed by atoms with van der Waals surface area (Å²) < 4.78 is 11.1. The van der Waals surface area contributed by atoms with E-state index in [4.69, 9.17) is 9.47 Å². The summed E-state index contributed by atoms with van der Waals surface area (Å²) in [5, 5.41) is 3.01. The first-order valence-electron chi connectivity index (χ1n) is 10.3. The number of rotatable bonds is 7. The fraction of sp³-hybridized carbons (Fsp3) is 0.435. The van der Waals surface area contributed by atoms with Gasteiger partial charge in [-0.15, -0.1) is 0 Å². The van der Waals surface area contributed by atoms with Crippen LogP contribution in [0.25, 0.3) is 0 Å². The van der Waals surface area contributed by atoms with Crippen LogP contribution in [0.2, 0.25) is 0 Å². The van der Waals surface area contributed by atoms with Gasteiger partial charge in [0.25, 0.3) is 0 Å². The molecule has 0 atom stereocenters. The van der Waals surface area contributed by atoms with E-state index < -0.39 is 0 Å². The first-order chi connectivity index (χ1) is 14.1. The maximum atomic E-state index is 12.7. The van der Waals surface area contributed by atoms with Crippen LogP contribution in [0.5, 0.6) is 11.5 Å². The van der Waals surface area contributed by atoms with E-state index in [-0.39, 0.29) is 6.03 Å². The summed E-state index contributed by atoms with van der Waals surface area (Å²) in [6.07, 6.45) is 0. The molecule has 0 saturated heterocycles. The topological polar surface area (TPSA) is 54.0 Å². The standard InChI is InChI=1S/C23H31N3O3/c1-4-25(5-2)16-19-8-11-22-20(14-19)17-26(12-13-29-22)23(27)24-15-18-6-9-21(28-3)10-7-18/h6-11,14H,4-5,12-13,15-17H2,1-3H3,(H,24,27). The summed E-state index contributed by atoms with van der Waals surface area (Å²) in [5.74, 6) is 1.68. The Morgan fingerprint density at radius 2 is 1.86 bits per heavy atom. The average Bonchev–Trinajstić information content (AvgIpc) is 2.98. The molecule has 6 nitrogen and oxygen atoms in total. The molecule has 156 valence electrons. The molecule has 3 rings (SSSR count). The molecular formula is C23H31N3O3. The third-order valence-corrected chi connectivity index (χ3v) is 5.30. The Morgan fingerprint density at radius 3 is 2.55 bits per heavy atom. The Morgan fingerprint density at radius 1 is 1.14 bits per heavy atom. The van der Waals surface area contributed by atoms with Gasteiger partial charge >= 0.3 is 6.03 Å². The van der Waals surface area contributed by atoms with E-state index in [9.17, 15) is 4.79 Å². The molecule has 1 N–H and O–H groups in total. The highest BCUT2D eigenvalue weighted by molar-refractivity contribution is 5.74. The van der Waals surface area contributed by atoms with Gasteiger partial charge in [0.1, 0.15) is 18.1 Å². The number of fused-ring (bicyclic) bond motifs is 1. The normalized spacial score (nSPS) is 13.4. The predicted molar refractivity (Wildman–Crippen MR) is 114 cm³/mol. The van der Waals surface area contributed by atoms with Gasteiger partial charge in [0, 0.05) is 18.7 Å². The predicted octanol–water partition coefficient (Wildman–Crippen LogP) is 3.64. The fourth-order valence-electron chi connectivity index (χ4n) is 3.46. The number of carbonyl (C=O) groups is 1. The van der Waals surface area contributed by atoms with E-state index in [0.29, 0.717) is 26.2 Å². The molecule has 0 radical (unpaired) electrons. The lowest BCUT2D eigenvalue weighted by atomic mass is 10.1. The maximum Gasteiger partial charge on any atom is 0.318 e. The number of methoxy groups -OCH3 is 1. The van der Waals surface area contributed by atoms with Crippen molar-refractivity contribution < 1.29 is 14.3 Å². The van der Waals surface area contributed by atoms with Crippen LogP contribution >= 0.6 is 0 Å². The zero-order valence-electron chi connectivity index (χ0n) is 17.6. The zero-order chi connectivity index (χ0) is 20.6. The monoisotopic (exact) mass is 397 g/mol. The van der Waals surface area contributed by atoms with Crippen molar-refractivity contribution in [1.82, 2.24) is 15.1 Å². The van der Waals surface area contributed by atoms with Crippen molar-refractivity contribution >= 4 is 6.03 Å². The maximum absolute atomic E-state index is 12.7. The van der Waals surface area contributed by atoms with Crippen LogP contribution in [0.15, 0.2) is 42.5 Å². The van der Waals surface area contributed by atoms with Crippen LogP contribution in [0, 0.1) is 0 Å². The van der Waals surface area contributed by atoms with Crippen LogP contribution < -0.4 is 14.8 Å². The number of carbonyl (C=O) groups excluding carboxylic acids is 1. The number of hydrogen-bond donors (Lipinski definition) is 1. The van der Waals surface area contributed by atoms with Crippen molar-refractivity contribution in [2.75, 3.05) is 33.4 Å². The Labute approximate surface area is 173 Å². The first-order valence-corrected chi connectivity index (χ1v) is 10.3. The van der Waals surface area contributed by atoms with Crippen LogP contribution in [-0.2, 0) is 19.6 Å². The molecule has 0 fully saturated rings. The van der Waals surface area contributed by atoms with Crippen LogP contribution in [0.4, 0.5) is 4.79 Å². The minimum atomic E-state index is -0.0774. The summed E-state index contributed by atoms with van der Waals surface area (Å²) in [6.45, 7) is 9.38. The molecule has 0 spiro atoms. The number of ether oxygens (including phenoxy) is 2. The van der Waals surface area contributed by atoms with Gasteiger partial charge in [0.15, 0.2) is 0 Å². The lowest BCUT2D eigenvalue weighted by Gasteiger charge is -2.21. The summed E-state index contributed by atoms with van der Waals surface area (Å²) in [4.78, 5) is 16.9. The molecule has 0 saturated carbocycles. The van der Waals surface area contributed by atoms with Gasteiger partial charge in [-0.25, -0.2) is 4.79 Å². The Bertz CT molecular complexity index is 804. The quantitative estimate of drug-likeness (QED) is 0.775. The van der Waals surface area contributed by atoms with Crippen LogP contribution in [0.1, 0.15) is 30.5 Å². The van der Waals surface area contributed by atoms with Crippen LogP contribution in [-0.4, -0.2) is 49.2 Å². The van der Waals surface area contributed by atoms with E-state index in [1.807, 2.05) is 35.2 Å². The molecule has 1 heterocycles. The van der Waals surface area contributed by atoms with Gasteiger partial charge in [-0.3, -0.25) is 4.90 Å².